The van der Waals surface area contributed by atoms with Crippen molar-refractivity contribution in [3.8, 4) is 0 Å². The SMILES string of the molecule is O=C1CCC(c2cccc(C3OCCO3)c2)C(=O)N1. The summed E-state index contributed by atoms with van der Waals surface area (Å²) in [7, 11) is 0. The summed E-state index contributed by atoms with van der Waals surface area (Å²) in [6.07, 6.45) is 0.602. The number of benzene rings is 1. The molecule has 1 atom stereocenters. The minimum Gasteiger partial charge on any atom is -0.346 e. The number of imide groups is 1. The zero-order valence-corrected chi connectivity index (χ0v) is 10.4. The Balaban J connectivity index is 1.82. The van der Waals surface area contributed by atoms with Crippen LogP contribution in [0.3, 0.4) is 0 Å². The highest BCUT2D eigenvalue weighted by molar-refractivity contribution is 6.00. The maximum absolute atomic E-state index is 11.8. The van der Waals surface area contributed by atoms with Crippen LogP contribution in [0.2, 0.25) is 0 Å². The van der Waals surface area contributed by atoms with Gasteiger partial charge in [-0.15, -0.1) is 0 Å². The summed E-state index contributed by atoms with van der Waals surface area (Å²) in [5.41, 5.74) is 1.82. The molecule has 1 aromatic carbocycles. The fourth-order valence-electron chi connectivity index (χ4n) is 2.48. The van der Waals surface area contributed by atoms with Gasteiger partial charge in [0, 0.05) is 12.0 Å². The summed E-state index contributed by atoms with van der Waals surface area (Å²) in [5, 5.41) is 2.38. The van der Waals surface area contributed by atoms with Crippen molar-refractivity contribution in [2.24, 2.45) is 0 Å². The molecule has 2 aliphatic rings. The van der Waals surface area contributed by atoms with Gasteiger partial charge in [-0.3, -0.25) is 14.9 Å². The first-order valence-electron chi connectivity index (χ1n) is 6.41. The van der Waals surface area contributed by atoms with Crippen LogP contribution < -0.4 is 5.32 Å². The number of rotatable bonds is 2. The first-order valence-corrected chi connectivity index (χ1v) is 6.41. The summed E-state index contributed by atoms with van der Waals surface area (Å²) in [5.74, 6) is -0.680. The minimum absolute atomic E-state index is 0.195. The van der Waals surface area contributed by atoms with E-state index in [1.54, 1.807) is 0 Å². The molecule has 5 heteroatoms. The largest absolute Gasteiger partial charge is 0.346 e. The van der Waals surface area contributed by atoms with E-state index in [-0.39, 0.29) is 24.0 Å². The molecular weight excluding hydrogens is 246 g/mol. The van der Waals surface area contributed by atoms with E-state index in [0.717, 1.165) is 11.1 Å². The summed E-state index contributed by atoms with van der Waals surface area (Å²) in [6.45, 7) is 1.18. The maximum Gasteiger partial charge on any atom is 0.234 e. The van der Waals surface area contributed by atoms with Gasteiger partial charge in [0.2, 0.25) is 11.8 Å². The fourth-order valence-corrected chi connectivity index (χ4v) is 2.48. The Labute approximate surface area is 110 Å². The van der Waals surface area contributed by atoms with Crippen molar-refractivity contribution < 1.29 is 19.1 Å². The van der Waals surface area contributed by atoms with Gasteiger partial charge in [0.05, 0.1) is 19.1 Å². The Hall–Kier alpha value is -1.72. The molecule has 100 valence electrons. The molecule has 2 heterocycles. The van der Waals surface area contributed by atoms with Crippen LogP contribution in [-0.2, 0) is 19.1 Å². The van der Waals surface area contributed by atoms with Crippen molar-refractivity contribution in [1.82, 2.24) is 5.32 Å². The van der Waals surface area contributed by atoms with E-state index >= 15 is 0 Å². The Bertz CT molecular complexity index is 508. The lowest BCUT2D eigenvalue weighted by Crippen LogP contribution is -2.39. The second kappa shape index (κ2) is 5.11. The van der Waals surface area contributed by atoms with Gasteiger partial charge in [0.15, 0.2) is 6.29 Å². The van der Waals surface area contributed by atoms with E-state index in [4.69, 9.17) is 9.47 Å². The Kier molecular flexibility index (Phi) is 3.31. The topological polar surface area (TPSA) is 64.6 Å². The van der Waals surface area contributed by atoms with E-state index in [1.165, 1.54) is 0 Å². The molecule has 0 saturated carbocycles. The van der Waals surface area contributed by atoms with Crippen LogP contribution in [0, 0.1) is 0 Å². The zero-order chi connectivity index (χ0) is 13.2. The molecule has 2 amide bonds. The second-order valence-electron chi connectivity index (χ2n) is 4.75. The van der Waals surface area contributed by atoms with Crippen molar-refractivity contribution in [2.45, 2.75) is 25.0 Å². The lowest BCUT2D eigenvalue weighted by Gasteiger charge is -2.22. The van der Waals surface area contributed by atoms with Crippen LogP contribution in [-0.4, -0.2) is 25.0 Å². The number of amides is 2. The normalized spacial score (nSPS) is 24.5. The monoisotopic (exact) mass is 261 g/mol. The van der Waals surface area contributed by atoms with Gasteiger partial charge in [-0.1, -0.05) is 18.2 Å². The molecule has 2 fully saturated rings. The van der Waals surface area contributed by atoms with Crippen molar-refractivity contribution in [1.29, 1.82) is 0 Å². The first kappa shape index (κ1) is 12.3. The molecule has 0 aromatic heterocycles. The Morgan fingerprint density at radius 3 is 2.58 bits per heavy atom. The van der Waals surface area contributed by atoms with E-state index in [2.05, 4.69) is 5.32 Å². The van der Waals surface area contributed by atoms with Gasteiger partial charge in [-0.2, -0.15) is 0 Å². The summed E-state index contributed by atoms with van der Waals surface area (Å²) < 4.78 is 10.9. The Morgan fingerprint density at radius 2 is 1.84 bits per heavy atom. The predicted octanol–water partition coefficient (Wildman–Crippen LogP) is 1.25. The van der Waals surface area contributed by atoms with E-state index in [1.807, 2.05) is 24.3 Å². The van der Waals surface area contributed by atoms with Gasteiger partial charge in [-0.25, -0.2) is 0 Å². The average molecular weight is 261 g/mol. The fraction of sp³-hybridized carbons (Fsp3) is 0.429. The molecule has 2 aliphatic heterocycles. The third-order valence-electron chi connectivity index (χ3n) is 3.45. The summed E-state index contributed by atoms with van der Waals surface area (Å²) in [4.78, 5) is 23.0. The number of ether oxygens (including phenoxy) is 2. The van der Waals surface area contributed by atoms with E-state index < -0.39 is 0 Å². The maximum atomic E-state index is 11.8. The highest BCUT2D eigenvalue weighted by Crippen LogP contribution is 2.29. The van der Waals surface area contributed by atoms with Crippen molar-refractivity contribution in [3.05, 3.63) is 35.4 Å². The molecule has 2 saturated heterocycles. The third kappa shape index (κ3) is 2.52. The van der Waals surface area contributed by atoms with Crippen LogP contribution in [0.15, 0.2) is 24.3 Å². The van der Waals surface area contributed by atoms with Gasteiger partial charge in [0.25, 0.3) is 0 Å². The zero-order valence-electron chi connectivity index (χ0n) is 10.4. The second-order valence-corrected chi connectivity index (χ2v) is 4.75. The van der Waals surface area contributed by atoms with Crippen LogP contribution in [0.25, 0.3) is 0 Å². The van der Waals surface area contributed by atoms with Crippen molar-refractivity contribution in [2.75, 3.05) is 13.2 Å². The number of hydrogen-bond donors (Lipinski definition) is 1. The van der Waals surface area contributed by atoms with Crippen LogP contribution in [0.1, 0.15) is 36.2 Å². The smallest absolute Gasteiger partial charge is 0.234 e. The number of nitrogens with one attached hydrogen (secondary N) is 1. The van der Waals surface area contributed by atoms with E-state index in [0.29, 0.717) is 26.1 Å². The lowest BCUT2D eigenvalue weighted by atomic mass is 9.89. The molecule has 0 spiro atoms. The number of hydrogen-bond acceptors (Lipinski definition) is 4. The summed E-state index contributed by atoms with van der Waals surface area (Å²) in [6, 6.07) is 7.64. The molecule has 3 rings (SSSR count). The number of carbonyl (C=O) groups excluding carboxylic acids is 2. The van der Waals surface area contributed by atoms with Crippen LogP contribution in [0.4, 0.5) is 0 Å². The third-order valence-corrected chi connectivity index (χ3v) is 3.45. The quantitative estimate of drug-likeness (QED) is 0.814. The van der Waals surface area contributed by atoms with Crippen molar-refractivity contribution in [3.63, 3.8) is 0 Å². The molecule has 1 N–H and O–H groups in total. The first-order chi connectivity index (χ1) is 9.24. The Morgan fingerprint density at radius 1 is 1.11 bits per heavy atom. The van der Waals surface area contributed by atoms with E-state index in [9.17, 15) is 9.59 Å². The van der Waals surface area contributed by atoms with Crippen LogP contribution >= 0.6 is 0 Å². The minimum atomic E-state index is -0.340. The molecule has 1 unspecified atom stereocenters. The average Bonchev–Trinajstić information content (AvgIpc) is 2.93. The predicted molar refractivity (Wildman–Crippen MR) is 66.2 cm³/mol. The standard InChI is InChI=1S/C14H15NO4/c16-12-5-4-11(13(17)15-12)9-2-1-3-10(8-9)14-18-6-7-19-14/h1-3,8,11,14H,4-7H2,(H,15,16,17). The summed E-state index contributed by atoms with van der Waals surface area (Å²) >= 11 is 0. The molecule has 19 heavy (non-hydrogen) atoms. The molecule has 5 nitrogen and oxygen atoms in total. The highest BCUT2D eigenvalue weighted by Gasteiger charge is 2.28. The van der Waals surface area contributed by atoms with Crippen molar-refractivity contribution >= 4 is 11.8 Å². The van der Waals surface area contributed by atoms with Crippen LogP contribution in [0.5, 0.6) is 0 Å². The van der Waals surface area contributed by atoms with Gasteiger partial charge < -0.3 is 9.47 Å². The molecule has 1 aromatic rings. The molecule has 0 bridgehead atoms. The van der Waals surface area contributed by atoms with Gasteiger partial charge >= 0.3 is 0 Å². The number of piperidine rings is 1. The lowest BCUT2D eigenvalue weighted by molar-refractivity contribution is -0.134. The molecule has 0 aliphatic carbocycles. The molecular formula is C14H15NO4. The van der Waals surface area contributed by atoms with Gasteiger partial charge in [-0.05, 0) is 18.1 Å². The molecule has 0 radical (unpaired) electrons. The highest BCUT2D eigenvalue weighted by atomic mass is 16.7. The van der Waals surface area contributed by atoms with Gasteiger partial charge in [0.1, 0.15) is 0 Å². The number of carbonyl (C=O) groups is 2.